The molecule has 0 amide bonds. The maximum Gasteiger partial charge on any atom is 0.174 e. The number of rotatable bonds is 2. The lowest BCUT2D eigenvalue weighted by Gasteiger charge is -2.09. The Morgan fingerprint density at radius 2 is 2.31 bits per heavy atom. The topological polar surface area (TPSA) is 59.0 Å². The summed E-state index contributed by atoms with van der Waals surface area (Å²) in [6, 6.07) is 5.54. The second-order valence-electron chi connectivity index (χ2n) is 2.59. The fraction of sp³-hybridized carbons (Fsp3) is 0.222. The van der Waals surface area contributed by atoms with Crippen LogP contribution >= 0.6 is 15.9 Å². The number of ether oxygens (including phenoxy) is 1. The first-order valence-corrected chi connectivity index (χ1v) is 4.50. The van der Waals surface area contributed by atoms with E-state index >= 15 is 0 Å². The molecule has 0 spiro atoms. The number of anilines is 1. The van der Waals surface area contributed by atoms with Gasteiger partial charge in [0.05, 0.1) is 5.69 Å². The number of nitrogen functional groups attached to an aromatic ring is 1. The summed E-state index contributed by atoms with van der Waals surface area (Å²) in [5, 5.41) is 8.34. The highest BCUT2D eigenvalue weighted by atomic mass is 79.9. The zero-order chi connectivity index (χ0) is 9.84. The lowest BCUT2D eigenvalue weighted by molar-refractivity contribution is 0.367. The smallest absolute Gasteiger partial charge is 0.174 e. The highest BCUT2D eigenvalue weighted by molar-refractivity contribution is 9.10. The minimum Gasteiger partial charge on any atom is -0.476 e. The molecule has 0 unspecified atom stereocenters. The van der Waals surface area contributed by atoms with Gasteiger partial charge >= 0.3 is 0 Å². The van der Waals surface area contributed by atoms with Gasteiger partial charge in [-0.3, -0.25) is 0 Å². The summed E-state index contributed by atoms with van der Waals surface area (Å²) >= 11 is 3.31. The molecule has 0 saturated carbocycles. The Balaban J connectivity index is 3.00. The molecule has 13 heavy (non-hydrogen) atoms. The number of halogens is 1. The fourth-order valence-corrected chi connectivity index (χ4v) is 1.65. The lowest BCUT2D eigenvalue weighted by Crippen LogP contribution is -2.00. The first-order valence-electron chi connectivity index (χ1n) is 3.70. The molecule has 68 valence electrons. The molecule has 3 nitrogen and oxygen atoms in total. The first kappa shape index (κ1) is 9.87. The molecule has 4 heteroatoms. The molecule has 0 bridgehead atoms. The Hall–Kier alpha value is -1.21. The van der Waals surface area contributed by atoms with Crippen molar-refractivity contribution in [2.75, 3.05) is 12.3 Å². The van der Waals surface area contributed by atoms with Crippen molar-refractivity contribution in [3.8, 4) is 11.8 Å². The van der Waals surface area contributed by atoms with E-state index in [-0.39, 0.29) is 6.61 Å². The molecule has 0 aliphatic carbocycles. The number of nitriles is 1. The van der Waals surface area contributed by atoms with E-state index in [1.54, 1.807) is 6.07 Å². The van der Waals surface area contributed by atoms with Crippen LogP contribution in [0.1, 0.15) is 5.56 Å². The zero-order valence-electron chi connectivity index (χ0n) is 7.17. The Morgan fingerprint density at radius 1 is 1.62 bits per heavy atom. The summed E-state index contributed by atoms with van der Waals surface area (Å²) in [4.78, 5) is 0. The SMILES string of the molecule is Cc1cc(Br)cc(N)c1OCC#N. The van der Waals surface area contributed by atoms with Crippen LogP contribution in [0.3, 0.4) is 0 Å². The molecule has 0 aliphatic rings. The maximum absolute atomic E-state index is 8.34. The highest BCUT2D eigenvalue weighted by Crippen LogP contribution is 2.29. The molecule has 0 aromatic heterocycles. The Bertz CT molecular complexity index is 334. The van der Waals surface area contributed by atoms with Crippen LogP contribution in [0, 0.1) is 18.3 Å². The van der Waals surface area contributed by atoms with E-state index in [9.17, 15) is 0 Å². The van der Waals surface area contributed by atoms with Crippen LogP contribution < -0.4 is 10.5 Å². The van der Waals surface area contributed by atoms with Crippen LogP contribution in [0.4, 0.5) is 5.69 Å². The lowest BCUT2D eigenvalue weighted by atomic mass is 10.2. The van der Waals surface area contributed by atoms with Crippen molar-refractivity contribution in [2.24, 2.45) is 0 Å². The average Bonchev–Trinajstić information content (AvgIpc) is 2.02. The zero-order valence-corrected chi connectivity index (χ0v) is 8.76. The summed E-state index contributed by atoms with van der Waals surface area (Å²) in [7, 11) is 0. The van der Waals surface area contributed by atoms with E-state index in [2.05, 4.69) is 15.9 Å². The number of hydrogen-bond acceptors (Lipinski definition) is 3. The van der Waals surface area contributed by atoms with Crippen molar-refractivity contribution < 1.29 is 4.74 Å². The van der Waals surface area contributed by atoms with Gasteiger partial charge in [0.1, 0.15) is 11.8 Å². The van der Waals surface area contributed by atoms with Gasteiger partial charge in [0.15, 0.2) is 6.61 Å². The number of benzene rings is 1. The van der Waals surface area contributed by atoms with E-state index in [1.165, 1.54) is 0 Å². The average molecular weight is 241 g/mol. The number of nitrogens with zero attached hydrogens (tertiary/aromatic N) is 1. The Morgan fingerprint density at radius 3 is 2.85 bits per heavy atom. The van der Waals surface area contributed by atoms with Gasteiger partial charge in [0.25, 0.3) is 0 Å². The third-order valence-corrected chi connectivity index (χ3v) is 2.01. The fourth-order valence-electron chi connectivity index (χ4n) is 1.06. The summed E-state index contributed by atoms with van der Waals surface area (Å²) in [5.41, 5.74) is 7.16. The third-order valence-electron chi connectivity index (χ3n) is 1.55. The van der Waals surface area contributed by atoms with E-state index in [0.29, 0.717) is 11.4 Å². The standard InChI is InChI=1S/C9H9BrN2O/c1-6-4-7(10)5-8(12)9(6)13-3-2-11/h4-5H,3,12H2,1H3. The van der Waals surface area contributed by atoms with Crippen LogP contribution in [0.5, 0.6) is 5.75 Å². The van der Waals surface area contributed by atoms with Crippen LogP contribution in [0.15, 0.2) is 16.6 Å². The van der Waals surface area contributed by atoms with Crippen LogP contribution in [0.25, 0.3) is 0 Å². The quantitative estimate of drug-likeness (QED) is 0.807. The molecule has 0 atom stereocenters. The van der Waals surface area contributed by atoms with Crippen molar-refractivity contribution in [3.63, 3.8) is 0 Å². The summed E-state index contributed by atoms with van der Waals surface area (Å²) in [6.45, 7) is 1.90. The van der Waals surface area contributed by atoms with E-state index in [0.717, 1.165) is 10.0 Å². The van der Waals surface area contributed by atoms with E-state index in [1.807, 2.05) is 19.1 Å². The van der Waals surface area contributed by atoms with E-state index in [4.69, 9.17) is 15.7 Å². The molecule has 1 rings (SSSR count). The predicted molar refractivity (Wildman–Crippen MR) is 54.4 cm³/mol. The second-order valence-corrected chi connectivity index (χ2v) is 3.50. The van der Waals surface area contributed by atoms with Crippen LogP contribution in [-0.4, -0.2) is 6.61 Å². The molecular weight excluding hydrogens is 232 g/mol. The van der Waals surface area contributed by atoms with Gasteiger partial charge in [-0.2, -0.15) is 5.26 Å². The normalized spacial score (nSPS) is 9.31. The first-order chi connectivity index (χ1) is 6.15. The monoisotopic (exact) mass is 240 g/mol. The maximum atomic E-state index is 8.34. The molecule has 2 N–H and O–H groups in total. The third kappa shape index (κ3) is 2.36. The minimum atomic E-state index is 0.0205. The minimum absolute atomic E-state index is 0.0205. The summed E-state index contributed by atoms with van der Waals surface area (Å²) < 4.78 is 6.07. The van der Waals surface area contributed by atoms with Gasteiger partial charge in [0.2, 0.25) is 0 Å². The van der Waals surface area contributed by atoms with Gasteiger partial charge in [-0.15, -0.1) is 0 Å². The molecule has 0 saturated heterocycles. The largest absolute Gasteiger partial charge is 0.476 e. The van der Waals surface area contributed by atoms with Crippen LogP contribution in [-0.2, 0) is 0 Å². The van der Waals surface area contributed by atoms with Crippen molar-refractivity contribution in [1.29, 1.82) is 5.26 Å². The van der Waals surface area contributed by atoms with Crippen molar-refractivity contribution in [1.82, 2.24) is 0 Å². The second kappa shape index (κ2) is 4.15. The molecule has 0 fully saturated rings. The highest BCUT2D eigenvalue weighted by Gasteiger charge is 2.05. The summed E-state index contributed by atoms with van der Waals surface area (Å²) in [5.74, 6) is 0.588. The van der Waals surface area contributed by atoms with Crippen molar-refractivity contribution in [3.05, 3.63) is 22.2 Å². The van der Waals surface area contributed by atoms with Gasteiger partial charge in [0, 0.05) is 4.47 Å². The Labute approximate surface area is 85.2 Å². The van der Waals surface area contributed by atoms with Gasteiger partial charge < -0.3 is 10.5 Å². The van der Waals surface area contributed by atoms with Gasteiger partial charge in [-0.1, -0.05) is 15.9 Å². The number of nitrogens with two attached hydrogens (primary N) is 1. The van der Waals surface area contributed by atoms with Crippen LogP contribution in [0.2, 0.25) is 0 Å². The molecule has 1 aromatic rings. The molecular formula is C9H9BrN2O. The molecule has 0 radical (unpaired) electrons. The predicted octanol–water partition coefficient (Wildman–Crippen LogP) is 2.24. The van der Waals surface area contributed by atoms with E-state index < -0.39 is 0 Å². The molecule has 1 aromatic carbocycles. The van der Waals surface area contributed by atoms with Crippen molar-refractivity contribution in [2.45, 2.75) is 6.92 Å². The number of aryl methyl sites for hydroxylation is 1. The van der Waals surface area contributed by atoms with Gasteiger partial charge in [-0.25, -0.2) is 0 Å². The van der Waals surface area contributed by atoms with Crippen molar-refractivity contribution >= 4 is 21.6 Å². The van der Waals surface area contributed by atoms with Gasteiger partial charge in [-0.05, 0) is 24.6 Å². The Kier molecular flexibility index (Phi) is 3.15. The number of hydrogen-bond donors (Lipinski definition) is 1. The molecule has 0 aliphatic heterocycles. The molecule has 0 heterocycles. The summed E-state index contributed by atoms with van der Waals surface area (Å²) in [6.07, 6.45) is 0.